The molecule has 7 heteroatoms. The average molecular weight is 307 g/mol. The number of rotatable bonds is 3. The molecule has 0 unspecified atom stereocenters. The van der Waals surface area contributed by atoms with E-state index >= 15 is 0 Å². The molecule has 6 nitrogen and oxygen atoms in total. The number of nitrogens with zero attached hydrogens (tertiary/aromatic N) is 5. The van der Waals surface area contributed by atoms with E-state index in [1.54, 1.807) is 11.3 Å². The van der Waals surface area contributed by atoms with E-state index in [4.69, 9.17) is 4.42 Å². The first kappa shape index (κ1) is 14.5. The standard InChI is InChI=1S/C14H21N5OS/c1-10-9-21-14(15-10)19-6-4-5-18(7-8-19)11(2)13-17-16-12(3)20-13/h9,11H,4-8H2,1-3H3/t11-/m1/s1. The van der Waals surface area contributed by atoms with Crippen molar-refractivity contribution < 1.29 is 4.42 Å². The van der Waals surface area contributed by atoms with E-state index in [2.05, 4.69) is 37.3 Å². The monoisotopic (exact) mass is 307 g/mol. The zero-order valence-corrected chi connectivity index (χ0v) is 13.6. The molecule has 0 bridgehead atoms. The van der Waals surface area contributed by atoms with Crippen LogP contribution >= 0.6 is 11.3 Å². The Morgan fingerprint density at radius 2 is 2.05 bits per heavy atom. The van der Waals surface area contributed by atoms with Crippen molar-refractivity contribution in [2.24, 2.45) is 0 Å². The van der Waals surface area contributed by atoms with Crippen molar-refractivity contribution in [3.8, 4) is 0 Å². The second-order valence-electron chi connectivity index (χ2n) is 5.48. The number of thiazole rings is 1. The lowest BCUT2D eigenvalue weighted by Gasteiger charge is -2.25. The summed E-state index contributed by atoms with van der Waals surface area (Å²) in [5.74, 6) is 1.35. The largest absolute Gasteiger partial charge is 0.424 e. The summed E-state index contributed by atoms with van der Waals surface area (Å²) in [6, 6.07) is 0.171. The molecule has 0 amide bonds. The first-order valence-corrected chi connectivity index (χ1v) is 8.22. The van der Waals surface area contributed by atoms with E-state index in [9.17, 15) is 0 Å². The second-order valence-corrected chi connectivity index (χ2v) is 6.32. The van der Waals surface area contributed by atoms with Crippen molar-refractivity contribution >= 4 is 16.5 Å². The minimum absolute atomic E-state index is 0.171. The van der Waals surface area contributed by atoms with Crippen molar-refractivity contribution in [1.29, 1.82) is 0 Å². The van der Waals surface area contributed by atoms with E-state index in [0.29, 0.717) is 11.8 Å². The van der Waals surface area contributed by atoms with Gasteiger partial charge in [0.15, 0.2) is 5.13 Å². The molecular weight excluding hydrogens is 286 g/mol. The topological polar surface area (TPSA) is 58.3 Å². The van der Waals surface area contributed by atoms with Gasteiger partial charge in [0, 0.05) is 38.5 Å². The number of aryl methyl sites for hydroxylation is 2. The molecule has 3 rings (SSSR count). The maximum absolute atomic E-state index is 5.57. The number of hydrogen-bond donors (Lipinski definition) is 0. The predicted molar refractivity (Wildman–Crippen MR) is 82.7 cm³/mol. The first-order valence-electron chi connectivity index (χ1n) is 7.34. The molecule has 0 saturated carbocycles. The van der Waals surface area contributed by atoms with Crippen LogP contribution in [0, 0.1) is 13.8 Å². The Labute approximate surface area is 128 Å². The minimum atomic E-state index is 0.171. The van der Waals surface area contributed by atoms with Gasteiger partial charge in [0.1, 0.15) is 0 Å². The van der Waals surface area contributed by atoms with Gasteiger partial charge in [0.25, 0.3) is 0 Å². The molecule has 114 valence electrons. The fourth-order valence-corrected chi connectivity index (χ4v) is 3.50. The number of hydrogen-bond acceptors (Lipinski definition) is 7. The Kier molecular flexibility index (Phi) is 4.21. The summed E-state index contributed by atoms with van der Waals surface area (Å²) in [5.41, 5.74) is 1.10. The van der Waals surface area contributed by atoms with Crippen LogP contribution in [0.3, 0.4) is 0 Å². The van der Waals surface area contributed by atoms with Crippen LogP contribution in [0.4, 0.5) is 5.13 Å². The Balaban J connectivity index is 1.65. The van der Waals surface area contributed by atoms with Crippen LogP contribution in [0.25, 0.3) is 0 Å². The van der Waals surface area contributed by atoms with Gasteiger partial charge in [-0.15, -0.1) is 21.5 Å². The molecule has 0 spiro atoms. The van der Waals surface area contributed by atoms with Crippen molar-refractivity contribution in [1.82, 2.24) is 20.1 Å². The lowest BCUT2D eigenvalue weighted by atomic mass is 10.2. The van der Waals surface area contributed by atoms with E-state index in [1.165, 1.54) is 0 Å². The fourth-order valence-electron chi connectivity index (χ4n) is 2.64. The predicted octanol–water partition coefficient (Wildman–Crippen LogP) is 2.42. The van der Waals surface area contributed by atoms with Crippen LogP contribution in [-0.4, -0.2) is 46.3 Å². The van der Waals surface area contributed by atoms with E-state index in [1.807, 2.05) is 13.8 Å². The molecule has 2 aromatic heterocycles. The molecule has 0 aliphatic carbocycles. The normalized spacial score (nSPS) is 18.7. The molecule has 0 radical (unpaired) electrons. The zero-order valence-electron chi connectivity index (χ0n) is 12.7. The van der Waals surface area contributed by atoms with Crippen LogP contribution in [0.5, 0.6) is 0 Å². The van der Waals surface area contributed by atoms with Crippen LogP contribution in [0.1, 0.15) is 36.9 Å². The van der Waals surface area contributed by atoms with Gasteiger partial charge in [-0.2, -0.15) is 0 Å². The van der Waals surface area contributed by atoms with E-state index in [0.717, 1.165) is 43.4 Å². The van der Waals surface area contributed by atoms with Crippen molar-refractivity contribution in [2.45, 2.75) is 33.2 Å². The first-order chi connectivity index (χ1) is 10.1. The van der Waals surface area contributed by atoms with Gasteiger partial charge < -0.3 is 9.32 Å². The third kappa shape index (κ3) is 3.24. The van der Waals surface area contributed by atoms with Gasteiger partial charge in [0.2, 0.25) is 11.8 Å². The van der Waals surface area contributed by atoms with Gasteiger partial charge >= 0.3 is 0 Å². The van der Waals surface area contributed by atoms with Gasteiger partial charge in [-0.05, 0) is 20.3 Å². The number of aromatic nitrogens is 3. The van der Waals surface area contributed by atoms with Crippen LogP contribution in [0.2, 0.25) is 0 Å². The van der Waals surface area contributed by atoms with Gasteiger partial charge in [0.05, 0.1) is 11.7 Å². The van der Waals surface area contributed by atoms with Gasteiger partial charge in [-0.3, -0.25) is 4.90 Å². The van der Waals surface area contributed by atoms with Crippen LogP contribution in [-0.2, 0) is 0 Å². The maximum atomic E-state index is 5.57. The average Bonchev–Trinajstić information content (AvgIpc) is 3.00. The Morgan fingerprint density at radius 3 is 2.71 bits per heavy atom. The second kappa shape index (κ2) is 6.11. The van der Waals surface area contributed by atoms with Gasteiger partial charge in [-0.1, -0.05) is 0 Å². The van der Waals surface area contributed by atoms with E-state index < -0.39 is 0 Å². The highest BCUT2D eigenvalue weighted by Crippen LogP contribution is 2.24. The Morgan fingerprint density at radius 1 is 1.19 bits per heavy atom. The lowest BCUT2D eigenvalue weighted by molar-refractivity contribution is 0.194. The molecule has 3 heterocycles. The summed E-state index contributed by atoms with van der Waals surface area (Å²) in [5, 5.41) is 11.3. The van der Waals surface area contributed by atoms with Gasteiger partial charge in [-0.25, -0.2) is 4.98 Å². The Bertz CT molecular complexity index is 596. The molecule has 1 saturated heterocycles. The quantitative estimate of drug-likeness (QED) is 0.868. The molecule has 1 atom stereocenters. The SMILES string of the molecule is Cc1csc(N2CCCN([C@H](C)c3nnc(C)o3)CC2)n1. The third-order valence-corrected chi connectivity index (χ3v) is 4.87. The summed E-state index contributed by atoms with van der Waals surface area (Å²) in [7, 11) is 0. The summed E-state index contributed by atoms with van der Waals surface area (Å²) in [6.45, 7) is 10.1. The lowest BCUT2D eigenvalue weighted by Crippen LogP contribution is -2.32. The molecule has 1 fully saturated rings. The van der Waals surface area contributed by atoms with Crippen LogP contribution in [0.15, 0.2) is 9.80 Å². The number of anilines is 1. The van der Waals surface area contributed by atoms with E-state index in [-0.39, 0.29) is 6.04 Å². The van der Waals surface area contributed by atoms with Crippen molar-refractivity contribution in [2.75, 3.05) is 31.1 Å². The molecule has 1 aliphatic heterocycles. The molecule has 0 aromatic carbocycles. The fraction of sp³-hybridized carbons (Fsp3) is 0.643. The zero-order chi connectivity index (χ0) is 14.8. The smallest absolute Gasteiger partial charge is 0.233 e. The summed E-state index contributed by atoms with van der Waals surface area (Å²) < 4.78 is 5.57. The Hall–Kier alpha value is -1.47. The molecule has 2 aromatic rings. The van der Waals surface area contributed by atoms with Crippen molar-refractivity contribution in [3.63, 3.8) is 0 Å². The highest BCUT2D eigenvalue weighted by atomic mass is 32.1. The maximum Gasteiger partial charge on any atom is 0.233 e. The summed E-state index contributed by atoms with van der Waals surface area (Å²) >= 11 is 1.73. The molecule has 0 N–H and O–H groups in total. The molecule has 21 heavy (non-hydrogen) atoms. The van der Waals surface area contributed by atoms with Crippen LogP contribution < -0.4 is 4.90 Å². The highest BCUT2D eigenvalue weighted by molar-refractivity contribution is 7.13. The van der Waals surface area contributed by atoms with Crippen molar-refractivity contribution in [3.05, 3.63) is 22.9 Å². The highest BCUT2D eigenvalue weighted by Gasteiger charge is 2.24. The molecular formula is C14H21N5OS. The molecule has 1 aliphatic rings. The minimum Gasteiger partial charge on any atom is -0.424 e. The third-order valence-electron chi connectivity index (χ3n) is 3.85. The summed E-state index contributed by atoms with van der Waals surface area (Å²) in [6.07, 6.45) is 1.12. The summed E-state index contributed by atoms with van der Waals surface area (Å²) in [4.78, 5) is 9.38.